The van der Waals surface area contributed by atoms with Gasteiger partial charge < -0.3 is 19.9 Å². The van der Waals surface area contributed by atoms with Gasteiger partial charge in [0.2, 0.25) is 0 Å². The molecule has 0 aromatic rings. The Labute approximate surface area is 89.9 Å². The highest BCUT2D eigenvalue weighted by Gasteiger charge is 2.31. The number of hydrogen-bond acceptors (Lipinski definition) is 5. The molecule has 0 unspecified atom stereocenters. The third-order valence-corrected chi connectivity index (χ3v) is 2.22. The number of carbonyl (C=O) groups is 1. The summed E-state index contributed by atoms with van der Waals surface area (Å²) in [7, 11) is 0. The molecule has 88 valence electrons. The molecule has 15 heavy (non-hydrogen) atoms. The van der Waals surface area contributed by atoms with Gasteiger partial charge in [-0.2, -0.15) is 0 Å². The lowest BCUT2D eigenvalue weighted by Crippen LogP contribution is -2.50. The van der Waals surface area contributed by atoms with Gasteiger partial charge in [0.1, 0.15) is 0 Å². The van der Waals surface area contributed by atoms with E-state index in [4.69, 9.17) is 19.9 Å². The van der Waals surface area contributed by atoms with E-state index in [2.05, 4.69) is 0 Å². The summed E-state index contributed by atoms with van der Waals surface area (Å²) in [5.74, 6) is -0.173. The predicted molar refractivity (Wildman–Crippen MR) is 53.9 cm³/mol. The standard InChI is InChI=1S/C10H19NO4/c1-3-13-9(12)6-4-5-8(11)10-14-7(2)15-10/h7-8,10H,3-6,11H2,1-2H3/t7?,8-,10?/m1/s1. The Hall–Kier alpha value is -0.650. The molecule has 1 heterocycles. The zero-order valence-corrected chi connectivity index (χ0v) is 9.27. The molecule has 5 heteroatoms. The zero-order chi connectivity index (χ0) is 11.3. The Bertz CT molecular complexity index is 204. The van der Waals surface area contributed by atoms with Crippen LogP contribution in [-0.4, -0.2) is 31.2 Å². The van der Waals surface area contributed by atoms with Crippen molar-refractivity contribution in [1.82, 2.24) is 0 Å². The van der Waals surface area contributed by atoms with Crippen LogP contribution in [-0.2, 0) is 19.0 Å². The first-order chi connectivity index (χ1) is 7.13. The van der Waals surface area contributed by atoms with E-state index in [1.807, 2.05) is 6.92 Å². The molecule has 0 saturated carbocycles. The third kappa shape index (κ3) is 4.15. The molecule has 1 rings (SSSR count). The molecule has 2 N–H and O–H groups in total. The molecule has 5 nitrogen and oxygen atoms in total. The summed E-state index contributed by atoms with van der Waals surface area (Å²) in [5.41, 5.74) is 5.80. The summed E-state index contributed by atoms with van der Waals surface area (Å²) in [6.45, 7) is 4.04. The van der Waals surface area contributed by atoms with Crippen molar-refractivity contribution in [2.24, 2.45) is 5.73 Å². The van der Waals surface area contributed by atoms with Crippen LogP contribution < -0.4 is 5.73 Å². The fourth-order valence-electron chi connectivity index (χ4n) is 1.44. The van der Waals surface area contributed by atoms with Crippen molar-refractivity contribution in [2.75, 3.05) is 6.61 Å². The Morgan fingerprint density at radius 3 is 2.73 bits per heavy atom. The maximum absolute atomic E-state index is 11.0. The Morgan fingerprint density at radius 1 is 1.53 bits per heavy atom. The van der Waals surface area contributed by atoms with Crippen molar-refractivity contribution < 1.29 is 19.0 Å². The molecular weight excluding hydrogens is 198 g/mol. The summed E-state index contributed by atoms with van der Waals surface area (Å²) in [6, 6.07) is -0.157. The quantitative estimate of drug-likeness (QED) is 0.665. The molecule has 0 bridgehead atoms. The van der Waals surface area contributed by atoms with Crippen LogP contribution in [0.5, 0.6) is 0 Å². The highest BCUT2D eigenvalue weighted by atomic mass is 16.9. The van der Waals surface area contributed by atoms with Gasteiger partial charge >= 0.3 is 5.97 Å². The first-order valence-corrected chi connectivity index (χ1v) is 5.35. The molecule has 1 aliphatic heterocycles. The van der Waals surface area contributed by atoms with Crippen LogP contribution in [0.1, 0.15) is 33.1 Å². The molecule has 0 radical (unpaired) electrons. The lowest BCUT2D eigenvalue weighted by molar-refractivity contribution is -0.381. The first-order valence-electron chi connectivity index (χ1n) is 5.35. The van der Waals surface area contributed by atoms with Gasteiger partial charge in [0.25, 0.3) is 0 Å². The number of esters is 1. The third-order valence-electron chi connectivity index (χ3n) is 2.22. The second-order valence-electron chi connectivity index (χ2n) is 3.57. The van der Waals surface area contributed by atoms with Crippen LogP contribution in [0.4, 0.5) is 0 Å². The second-order valence-corrected chi connectivity index (χ2v) is 3.57. The van der Waals surface area contributed by atoms with Crippen LogP contribution in [0, 0.1) is 0 Å². The van der Waals surface area contributed by atoms with E-state index < -0.39 is 0 Å². The minimum atomic E-state index is -0.304. The maximum atomic E-state index is 11.0. The number of rotatable bonds is 6. The number of hydrogen-bond donors (Lipinski definition) is 1. The van der Waals surface area contributed by atoms with Crippen molar-refractivity contribution in [3.63, 3.8) is 0 Å². The van der Waals surface area contributed by atoms with Gasteiger partial charge in [-0.15, -0.1) is 0 Å². The van der Waals surface area contributed by atoms with Gasteiger partial charge in [-0.25, -0.2) is 0 Å². The van der Waals surface area contributed by atoms with E-state index in [1.54, 1.807) is 6.92 Å². The van der Waals surface area contributed by atoms with E-state index in [0.717, 1.165) is 0 Å². The van der Waals surface area contributed by atoms with Crippen molar-refractivity contribution >= 4 is 5.97 Å². The number of carbonyl (C=O) groups excluding carboxylic acids is 1. The molecular formula is C10H19NO4. The largest absolute Gasteiger partial charge is 0.466 e. The van der Waals surface area contributed by atoms with Gasteiger partial charge in [-0.1, -0.05) is 0 Å². The summed E-state index contributed by atoms with van der Waals surface area (Å²) in [6.07, 6.45) is 1.37. The van der Waals surface area contributed by atoms with Crippen molar-refractivity contribution in [3.8, 4) is 0 Å². The fourth-order valence-corrected chi connectivity index (χ4v) is 1.44. The molecule has 1 saturated heterocycles. The van der Waals surface area contributed by atoms with Crippen LogP contribution in [0.15, 0.2) is 0 Å². The summed E-state index contributed by atoms with van der Waals surface area (Å²) >= 11 is 0. The lowest BCUT2D eigenvalue weighted by Gasteiger charge is -2.37. The molecule has 1 fully saturated rings. The van der Waals surface area contributed by atoms with Crippen LogP contribution in [0.25, 0.3) is 0 Å². The van der Waals surface area contributed by atoms with Crippen molar-refractivity contribution in [1.29, 1.82) is 0 Å². The van der Waals surface area contributed by atoms with Gasteiger partial charge in [0.05, 0.1) is 12.6 Å². The van der Waals surface area contributed by atoms with Crippen LogP contribution >= 0.6 is 0 Å². The monoisotopic (exact) mass is 217 g/mol. The summed E-state index contributed by atoms with van der Waals surface area (Å²) in [4.78, 5) is 11.0. The molecule has 0 aliphatic carbocycles. The SMILES string of the molecule is CCOC(=O)CCC[C@@H](N)C1OC(C)O1. The lowest BCUT2D eigenvalue weighted by atomic mass is 10.1. The Morgan fingerprint density at radius 2 is 2.20 bits per heavy atom. The maximum Gasteiger partial charge on any atom is 0.305 e. The van der Waals surface area contributed by atoms with E-state index >= 15 is 0 Å². The Kier molecular flexibility index (Phi) is 5.01. The van der Waals surface area contributed by atoms with E-state index in [0.29, 0.717) is 25.9 Å². The topological polar surface area (TPSA) is 70.8 Å². The number of nitrogens with two attached hydrogens (primary N) is 1. The van der Waals surface area contributed by atoms with Crippen LogP contribution in [0.2, 0.25) is 0 Å². The molecule has 0 amide bonds. The van der Waals surface area contributed by atoms with Crippen LogP contribution in [0.3, 0.4) is 0 Å². The molecule has 1 aliphatic rings. The average Bonchev–Trinajstić information content (AvgIpc) is 2.13. The number of ether oxygens (including phenoxy) is 3. The minimum absolute atomic E-state index is 0.147. The van der Waals surface area contributed by atoms with Crippen molar-refractivity contribution in [2.45, 2.75) is 51.7 Å². The Balaban J connectivity index is 2.02. The summed E-state index contributed by atoms with van der Waals surface area (Å²) in [5, 5.41) is 0. The smallest absolute Gasteiger partial charge is 0.305 e. The van der Waals surface area contributed by atoms with E-state index in [-0.39, 0.29) is 24.6 Å². The molecule has 0 aromatic carbocycles. The van der Waals surface area contributed by atoms with E-state index in [1.165, 1.54) is 0 Å². The molecule has 1 atom stereocenters. The predicted octanol–water partition coefficient (Wildman–Crippen LogP) is 0.766. The molecule has 0 spiro atoms. The fraction of sp³-hybridized carbons (Fsp3) is 0.900. The molecule has 0 aromatic heterocycles. The van der Waals surface area contributed by atoms with Crippen molar-refractivity contribution in [3.05, 3.63) is 0 Å². The highest BCUT2D eigenvalue weighted by molar-refractivity contribution is 5.69. The normalized spacial score (nSPS) is 26.9. The second kappa shape index (κ2) is 6.05. The van der Waals surface area contributed by atoms with Gasteiger partial charge in [-0.3, -0.25) is 4.79 Å². The minimum Gasteiger partial charge on any atom is -0.466 e. The summed E-state index contributed by atoms with van der Waals surface area (Å²) < 4.78 is 15.3. The zero-order valence-electron chi connectivity index (χ0n) is 9.27. The van der Waals surface area contributed by atoms with Gasteiger partial charge in [0, 0.05) is 6.42 Å². The van der Waals surface area contributed by atoms with E-state index in [9.17, 15) is 4.79 Å². The van der Waals surface area contributed by atoms with Gasteiger partial charge in [0.15, 0.2) is 12.6 Å². The highest BCUT2D eigenvalue weighted by Crippen LogP contribution is 2.20. The first kappa shape index (κ1) is 12.4. The van der Waals surface area contributed by atoms with Gasteiger partial charge in [-0.05, 0) is 26.7 Å². The average molecular weight is 217 g/mol.